The van der Waals surface area contributed by atoms with Crippen LogP contribution in [0.4, 0.5) is 17.6 Å². The number of hydrogen-bond acceptors (Lipinski definition) is 12. The zero-order valence-corrected chi connectivity index (χ0v) is 76.1. The molecule has 6 saturated carbocycles. The molecule has 3 aliphatic heterocycles. The zero-order chi connectivity index (χ0) is 88.4. The molecule has 0 radical (unpaired) electrons. The predicted octanol–water partition coefficient (Wildman–Crippen LogP) is 19.3. The number of nitrogens with zero attached hydrogens (tertiary/aromatic N) is 8. The van der Waals surface area contributed by atoms with Crippen LogP contribution in [-0.4, -0.2) is 227 Å². The molecule has 19 nitrogen and oxygen atoms in total. The number of amides is 7. The maximum Gasteiger partial charge on any atom is 0.406 e. The molecule has 3 saturated heterocycles. The first-order valence-electron chi connectivity index (χ1n) is 46.2. The Hall–Kier alpha value is -7.02. The fraction of sp³-hybridized carbons (Fsp3) is 0.670. The van der Waals surface area contributed by atoms with E-state index in [0.29, 0.717) is 104 Å². The van der Waals surface area contributed by atoms with Gasteiger partial charge in [-0.2, -0.15) is 13.2 Å². The highest BCUT2D eigenvalue weighted by Gasteiger charge is 2.40. The third kappa shape index (κ3) is 38.8. The van der Waals surface area contributed by atoms with Crippen molar-refractivity contribution >= 4 is 64.6 Å². The van der Waals surface area contributed by atoms with E-state index in [1.54, 1.807) is 31.3 Å². The summed E-state index contributed by atoms with van der Waals surface area (Å²) in [7, 11) is 0. The molecular weight excluding hydrogens is 1600 g/mol. The Kier molecular flexibility index (Phi) is 45.8. The molecule has 4 heterocycles. The van der Waals surface area contributed by atoms with E-state index in [1.165, 1.54) is 69.1 Å². The van der Waals surface area contributed by atoms with Crippen LogP contribution in [0, 0.1) is 17.2 Å². The highest BCUT2D eigenvalue weighted by atomic mass is 35.5. The lowest BCUT2D eigenvalue weighted by atomic mass is 9.75. The first-order chi connectivity index (χ1) is 58.8. The van der Waals surface area contributed by atoms with Crippen molar-refractivity contribution in [2.75, 3.05) is 98.6 Å². The number of aromatic nitrogens is 1. The van der Waals surface area contributed by atoms with E-state index in [-0.39, 0.29) is 72.2 Å². The second-order valence-electron chi connectivity index (χ2n) is 34.3. The molecule has 9 fully saturated rings. The Morgan fingerprint density at radius 1 is 0.475 bits per heavy atom. The van der Waals surface area contributed by atoms with Gasteiger partial charge in [0.1, 0.15) is 17.5 Å². The summed E-state index contributed by atoms with van der Waals surface area (Å²) in [5.41, 5.74) is 6.46. The highest BCUT2D eigenvalue weighted by Crippen LogP contribution is 2.40. The lowest BCUT2D eigenvalue weighted by molar-refractivity contribution is -0.162. The topological polar surface area (TPSA) is 203 Å². The summed E-state index contributed by atoms with van der Waals surface area (Å²) < 4.78 is 65.9. The van der Waals surface area contributed by atoms with Gasteiger partial charge in [0, 0.05) is 152 Å². The Morgan fingerprint density at radius 2 is 0.885 bits per heavy atom. The van der Waals surface area contributed by atoms with Crippen LogP contribution in [0.25, 0.3) is 11.1 Å². The first kappa shape index (κ1) is 102. The quantitative estimate of drug-likeness (QED) is 0.0255. The van der Waals surface area contributed by atoms with Crippen molar-refractivity contribution in [3.8, 4) is 11.1 Å². The molecule has 0 unspecified atom stereocenters. The second kappa shape index (κ2) is 54.8. The van der Waals surface area contributed by atoms with Crippen molar-refractivity contribution in [2.24, 2.45) is 11.3 Å². The molecule has 25 heteroatoms. The molecular formula is C97H144Cl2F4N8O11. The monoisotopic (exact) mass is 1740 g/mol. The van der Waals surface area contributed by atoms with Gasteiger partial charge in [0.05, 0.1) is 32.5 Å². The maximum atomic E-state index is 13.0. The van der Waals surface area contributed by atoms with Gasteiger partial charge in [-0.25, -0.2) is 9.37 Å². The summed E-state index contributed by atoms with van der Waals surface area (Å²) in [6.45, 7) is 25.6. The zero-order valence-electron chi connectivity index (χ0n) is 74.6. The third-order valence-electron chi connectivity index (χ3n) is 23.3. The first-order valence-corrected chi connectivity index (χ1v) is 46.9. The molecule has 9 aliphatic rings. The molecule has 1 aromatic heterocycles. The van der Waals surface area contributed by atoms with Gasteiger partial charge in [-0.3, -0.25) is 33.6 Å². The van der Waals surface area contributed by atoms with Crippen molar-refractivity contribution < 1.29 is 70.4 Å². The van der Waals surface area contributed by atoms with E-state index in [4.69, 9.17) is 42.5 Å². The van der Waals surface area contributed by atoms with Crippen molar-refractivity contribution in [1.29, 1.82) is 0 Å². The minimum Gasteiger partial charge on any atom is -0.396 e. The van der Waals surface area contributed by atoms with Gasteiger partial charge in [0.2, 0.25) is 41.4 Å². The van der Waals surface area contributed by atoms with Gasteiger partial charge >= 0.3 is 6.18 Å². The van der Waals surface area contributed by atoms with Gasteiger partial charge in [-0.1, -0.05) is 139 Å². The highest BCUT2D eigenvalue weighted by molar-refractivity contribution is 6.30. The average molecular weight is 1750 g/mol. The minimum atomic E-state index is -4.32. The van der Waals surface area contributed by atoms with Crippen molar-refractivity contribution in [3.05, 3.63) is 135 Å². The summed E-state index contributed by atoms with van der Waals surface area (Å²) in [5.74, 6) is 1.05. The number of rotatable bonds is 37. The number of pyridine rings is 1. The van der Waals surface area contributed by atoms with Gasteiger partial charge in [-0.05, 0) is 243 Å². The molecule has 1 N–H and O–H groups in total. The molecule has 13 rings (SSSR count). The van der Waals surface area contributed by atoms with Crippen LogP contribution in [0.3, 0.4) is 0 Å². The molecule has 3 aromatic carbocycles. The summed E-state index contributed by atoms with van der Waals surface area (Å²) in [5, 5.41) is 9.77. The van der Waals surface area contributed by atoms with Gasteiger partial charge in [-0.15, -0.1) is 0 Å². The average Bonchev–Trinajstić information content (AvgIpc) is 1.52. The van der Waals surface area contributed by atoms with Crippen LogP contribution in [0.2, 0.25) is 10.2 Å². The number of ether oxygens (including phenoxy) is 3. The molecule has 0 atom stereocenters. The van der Waals surface area contributed by atoms with E-state index in [2.05, 4.69) is 58.4 Å². The third-order valence-corrected chi connectivity index (χ3v) is 23.8. The van der Waals surface area contributed by atoms with Crippen molar-refractivity contribution in [3.63, 3.8) is 0 Å². The maximum absolute atomic E-state index is 13.0. The molecule has 4 aromatic rings. The number of benzene rings is 3. The summed E-state index contributed by atoms with van der Waals surface area (Å²) in [4.78, 5) is 102. The number of aliphatic hydroxyl groups excluding tert-OH is 1. The van der Waals surface area contributed by atoms with E-state index in [1.807, 2.05) is 85.2 Å². The van der Waals surface area contributed by atoms with Crippen molar-refractivity contribution in [2.45, 2.75) is 310 Å². The van der Waals surface area contributed by atoms with Crippen LogP contribution < -0.4 is 0 Å². The number of alkyl halides is 3. The van der Waals surface area contributed by atoms with E-state index >= 15 is 0 Å². The number of halogens is 6. The molecule has 0 spiro atoms. The summed E-state index contributed by atoms with van der Waals surface area (Å²) >= 11 is 11.6. The molecule has 7 amide bonds. The number of aliphatic hydroxyl groups is 1. The number of carbonyl (C=O) groups is 7. The largest absolute Gasteiger partial charge is 0.406 e. The normalized spacial score (nSPS) is 17.1. The fourth-order valence-corrected chi connectivity index (χ4v) is 16.0. The van der Waals surface area contributed by atoms with Crippen molar-refractivity contribution in [1.82, 2.24) is 39.3 Å². The number of hydrogen-bond donors (Lipinski definition) is 1. The van der Waals surface area contributed by atoms with Crippen LogP contribution in [0.5, 0.6) is 0 Å². The van der Waals surface area contributed by atoms with E-state index < -0.39 is 12.7 Å². The lowest BCUT2D eigenvalue weighted by Crippen LogP contribution is -2.40. The van der Waals surface area contributed by atoms with E-state index in [9.17, 15) is 51.1 Å². The van der Waals surface area contributed by atoms with Crippen LogP contribution in [0.1, 0.15) is 265 Å². The van der Waals surface area contributed by atoms with Gasteiger partial charge in [0.25, 0.3) is 0 Å². The molecule has 680 valence electrons. The molecule has 122 heavy (non-hydrogen) atoms. The standard InChI is InChI=1S/C20H22FNO.C15H27NO2.C14H18ClNO.C13H17ClN2O.C13H21NO2.C12H20F3NO2.C10H19NO2/c1-2-13-22(19-11-12-19)20(23)14-15-3-5-16(6-4-15)17-7-9-18(21)10-8-17;1-3-9-16(13-5-6-13)14(17)12-15(4-2)7-10-18-11-8-15;1-2-8-16(13-6-7-13)14(17)10-11-4-3-5-12(15)9-11;1-2-7-16(11-4-5-11)13(17)8-10-3-6-12(14)15-9-10;1-2-7-14(12-3-4-12)13(15)10-11-5-8-16-9-6-11;1-2-5-16(9-12(13,14)15)11(17)8-10-3-6-18-7-4-10;1-2-7-11(9-5-6-9)10(13)4-3-8-12/h3-10,19H,2,11-14H2,1H3;13H,3-12H2,1-2H3;3-5,9,13H,2,6-8,10H2,1H3;3,6,9,11H,2,4-5,7-8H2,1H3;10,12H,2-9H2,1H3;10H,2-9H2,1H3;9,12H,2-8H2,1H3. The Bertz CT molecular complexity index is 3760. The summed E-state index contributed by atoms with van der Waals surface area (Å²) in [6, 6.07) is 28.7. The predicted molar refractivity (Wildman–Crippen MR) is 477 cm³/mol. The van der Waals surface area contributed by atoms with Gasteiger partial charge < -0.3 is 53.6 Å². The molecule has 6 aliphatic carbocycles. The fourth-order valence-electron chi connectivity index (χ4n) is 15.6. The van der Waals surface area contributed by atoms with Crippen LogP contribution in [-0.2, 0) is 67.0 Å². The lowest BCUT2D eigenvalue weighted by Gasteiger charge is -2.37. The molecule has 0 bridgehead atoms. The second-order valence-corrected chi connectivity index (χ2v) is 35.1. The Labute approximate surface area is 736 Å². The minimum absolute atomic E-state index is 0.121. The summed E-state index contributed by atoms with van der Waals surface area (Å²) in [6.07, 6.45) is 30.1. The van der Waals surface area contributed by atoms with Crippen LogP contribution in [0.15, 0.2) is 103 Å². The van der Waals surface area contributed by atoms with E-state index in [0.717, 1.165) is 214 Å². The SMILES string of the molecule is CCCN(C(=O)C=C1CCOCC1)C1CC1.CCCN(C(=O)CC1(CC)CCOCC1)C1CC1.CCCN(C(=O)CCCO)C1CC1.CCCN(C(=O)Cc1ccc(-c2ccc(F)cc2)cc1)C1CC1.CCCN(C(=O)Cc1ccc(Cl)nc1)C1CC1.CCCN(C(=O)Cc1cccc(Cl)c1)C1CC1.CCCN(CC(F)(F)F)C(=O)CC1CCOCC1. The number of carbonyl (C=O) groups excluding carboxylic acids is 7. The Morgan fingerprint density at radius 3 is 1.31 bits per heavy atom. The van der Waals surface area contributed by atoms with Gasteiger partial charge in [0.15, 0.2) is 0 Å². The smallest absolute Gasteiger partial charge is 0.396 e. The van der Waals surface area contributed by atoms with Crippen LogP contribution >= 0.6 is 23.2 Å². The Balaban J connectivity index is 0.000000197.